The van der Waals surface area contributed by atoms with Crippen LogP contribution in [0.2, 0.25) is 0 Å². The van der Waals surface area contributed by atoms with E-state index in [1.165, 1.54) is 16.7 Å². The van der Waals surface area contributed by atoms with Crippen molar-refractivity contribution >= 4 is 0 Å². The monoisotopic (exact) mass is 256 g/mol. The number of rotatable bonds is 3. The molecule has 2 unspecified atom stereocenters. The molecule has 0 saturated carbocycles. The largest absolute Gasteiger partial charge is 0.106 e. The Labute approximate surface area is 119 Å². The Morgan fingerprint density at radius 2 is 1.79 bits per heavy atom. The Bertz CT molecular complexity index is 477. The van der Waals surface area contributed by atoms with Crippen LogP contribution in [0.25, 0.3) is 0 Å². The predicted molar refractivity (Wildman–Crippen MR) is 85.5 cm³/mol. The first-order chi connectivity index (χ1) is 8.81. The van der Waals surface area contributed by atoms with Crippen molar-refractivity contribution in [2.75, 3.05) is 0 Å². The Kier molecular flexibility index (Phi) is 5.24. The van der Waals surface area contributed by atoms with E-state index in [-0.39, 0.29) is 5.41 Å². The Morgan fingerprint density at radius 1 is 1.16 bits per heavy atom. The zero-order chi connectivity index (χ0) is 14.6. The summed E-state index contributed by atoms with van der Waals surface area (Å²) in [5.41, 5.74) is 4.57. The van der Waals surface area contributed by atoms with Gasteiger partial charge >= 0.3 is 0 Å². The summed E-state index contributed by atoms with van der Waals surface area (Å²) < 4.78 is 0. The van der Waals surface area contributed by atoms with Crippen LogP contribution in [0.1, 0.15) is 71.1 Å². The molecule has 1 aromatic rings. The molecule has 0 bridgehead atoms. The van der Waals surface area contributed by atoms with E-state index < -0.39 is 0 Å². The number of benzene rings is 1. The van der Waals surface area contributed by atoms with Gasteiger partial charge in [0.25, 0.3) is 0 Å². The summed E-state index contributed by atoms with van der Waals surface area (Å²) >= 11 is 0. The van der Waals surface area contributed by atoms with E-state index in [0.29, 0.717) is 11.8 Å². The van der Waals surface area contributed by atoms with Gasteiger partial charge in [-0.15, -0.1) is 5.92 Å². The van der Waals surface area contributed by atoms with Crippen LogP contribution in [-0.4, -0.2) is 0 Å². The predicted octanol–water partition coefficient (Wildman–Crippen LogP) is 5.31. The minimum Gasteiger partial charge on any atom is -0.106 e. The molecule has 0 radical (unpaired) electrons. The molecule has 0 saturated heterocycles. The number of hydrogen-bond donors (Lipinski definition) is 0. The molecule has 0 aromatic heterocycles. The second-order valence-corrected chi connectivity index (χ2v) is 6.49. The van der Waals surface area contributed by atoms with Crippen LogP contribution in [0, 0.1) is 17.8 Å². The molecule has 19 heavy (non-hydrogen) atoms. The second kappa shape index (κ2) is 6.29. The van der Waals surface area contributed by atoms with Gasteiger partial charge in [0.05, 0.1) is 0 Å². The highest BCUT2D eigenvalue weighted by Gasteiger charge is 2.19. The average Bonchev–Trinajstić information content (AvgIpc) is 2.36. The second-order valence-electron chi connectivity index (χ2n) is 6.49. The fourth-order valence-corrected chi connectivity index (χ4v) is 2.43. The van der Waals surface area contributed by atoms with E-state index in [1.54, 1.807) is 0 Å². The van der Waals surface area contributed by atoms with Gasteiger partial charge in [-0.05, 0) is 41.4 Å². The molecular weight excluding hydrogens is 228 g/mol. The number of hydrogen-bond acceptors (Lipinski definition) is 0. The van der Waals surface area contributed by atoms with Gasteiger partial charge in [0.2, 0.25) is 0 Å². The summed E-state index contributed by atoms with van der Waals surface area (Å²) in [6.07, 6.45) is 1.09. The van der Waals surface area contributed by atoms with Crippen LogP contribution >= 0.6 is 0 Å². The highest BCUT2D eigenvalue weighted by molar-refractivity contribution is 5.38. The lowest BCUT2D eigenvalue weighted by atomic mass is 9.80. The zero-order valence-corrected chi connectivity index (χ0v) is 13.6. The van der Waals surface area contributed by atoms with Crippen molar-refractivity contribution < 1.29 is 0 Å². The van der Waals surface area contributed by atoms with E-state index in [9.17, 15) is 0 Å². The van der Waals surface area contributed by atoms with Crippen LogP contribution in [0.15, 0.2) is 18.2 Å². The van der Waals surface area contributed by atoms with Gasteiger partial charge in [0.1, 0.15) is 0 Å². The smallest absolute Gasteiger partial charge is 0.0240 e. The quantitative estimate of drug-likeness (QED) is 0.643. The Morgan fingerprint density at radius 3 is 2.26 bits per heavy atom. The van der Waals surface area contributed by atoms with Crippen molar-refractivity contribution in [2.24, 2.45) is 5.92 Å². The molecule has 0 N–H and O–H groups in total. The van der Waals surface area contributed by atoms with E-state index >= 15 is 0 Å². The van der Waals surface area contributed by atoms with Crippen molar-refractivity contribution in [1.29, 1.82) is 0 Å². The summed E-state index contributed by atoms with van der Waals surface area (Å²) in [6.45, 7) is 15.5. The maximum Gasteiger partial charge on any atom is 0.0240 e. The Balaban J connectivity index is 3.25. The molecule has 0 fully saturated rings. The first-order valence-electron chi connectivity index (χ1n) is 7.36. The van der Waals surface area contributed by atoms with Crippen LogP contribution in [-0.2, 0) is 11.8 Å². The molecule has 0 spiro atoms. The van der Waals surface area contributed by atoms with Gasteiger partial charge in [-0.3, -0.25) is 0 Å². The fourth-order valence-electron chi connectivity index (χ4n) is 2.43. The minimum absolute atomic E-state index is 0.209. The molecule has 0 heterocycles. The van der Waals surface area contributed by atoms with Crippen molar-refractivity contribution in [1.82, 2.24) is 0 Å². The summed E-state index contributed by atoms with van der Waals surface area (Å²) in [4.78, 5) is 0. The van der Waals surface area contributed by atoms with E-state index in [0.717, 1.165) is 6.42 Å². The van der Waals surface area contributed by atoms with Crippen LogP contribution in [0.3, 0.4) is 0 Å². The molecular formula is C19H28. The highest BCUT2D eigenvalue weighted by Crippen LogP contribution is 2.32. The fraction of sp³-hybridized carbons (Fsp3) is 0.579. The van der Waals surface area contributed by atoms with E-state index in [1.807, 2.05) is 6.92 Å². The van der Waals surface area contributed by atoms with Gasteiger partial charge in [-0.2, -0.15) is 0 Å². The van der Waals surface area contributed by atoms with Gasteiger partial charge in [0.15, 0.2) is 0 Å². The Hall–Kier alpha value is -1.22. The van der Waals surface area contributed by atoms with Gasteiger partial charge in [0, 0.05) is 5.92 Å². The SMILES string of the molecule is CC#CC(C)C(C)c1cc(C(C)(C)C)ccc1CC. The summed E-state index contributed by atoms with van der Waals surface area (Å²) in [6, 6.07) is 6.99. The van der Waals surface area contributed by atoms with E-state index in [4.69, 9.17) is 0 Å². The average molecular weight is 256 g/mol. The third-order valence-electron chi connectivity index (χ3n) is 4.01. The van der Waals surface area contributed by atoms with Crippen molar-refractivity contribution in [2.45, 2.75) is 66.2 Å². The molecule has 1 aromatic carbocycles. The highest BCUT2D eigenvalue weighted by atomic mass is 14.2. The van der Waals surface area contributed by atoms with Crippen molar-refractivity contribution in [3.05, 3.63) is 34.9 Å². The summed E-state index contributed by atoms with van der Waals surface area (Å²) in [7, 11) is 0. The normalized spacial score (nSPS) is 14.5. The first kappa shape index (κ1) is 15.8. The summed E-state index contributed by atoms with van der Waals surface area (Å²) in [5.74, 6) is 7.25. The zero-order valence-electron chi connectivity index (χ0n) is 13.6. The maximum atomic E-state index is 3.30. The lowest BCUT2D eigenvalue weighted by Gasteiger charge is -2.25. The molecule has 0 aliphatic heterocycles. The third-order valence-corrected chi connectivity index (χ3v) is 4.01. The summed E-state index contributed by atoms with van der Waals surface area (Å²) in [5, 5.41) is 0. The molecule has 0 heteroatoms. The van der Waals surface area contributed by atoms with Crippen LogP contribution in [0.5, 0.6) is 0 Å². The first-order valence-corrected chi connectivity index (χ1v) is 7.36. The molecule has 0 amide bonds. The van der Waals surface area contributed by atoms with Gasteiger partial charge in [-0.25, -0.2) is 0 Å². The van der Waals surface area contributed by atoms with Crippen LogP contribution in [0.4, 0.5) is 0 Å². The van der Waals surface area contributed by atoms with Crippen LogP contribution < -0.4 is 0 Å². The minimum atomic E-state index is 0.209. The molecule has 0 aliphatic carbocycles. The topological polar surface area (TPSA) is 0 Å². The lowest BCUT2D eigenvalue weighted by Crippen LogP contribution is -2.14. The molecule has 2 atom stereocenters. The van der Waals surface area contributed by atoms with E-state index in [2.05, 4.69) is 71.6 Å². The molecule has 1 rings (SSSR count). The molecule has 0 nitrogen and oxygen atoms in total. The maximum absolute atomic E-state index is 3.30. The number of aryl methyl sites for hydroxylation is 1. The molecule has 0 aliphatic rings. The van der Waals surface area contributed by atoms with Gasteiger partial charge < -0.3 is 0 Å². The lowest BCUT2D eigenvalue weighted by molar-refractivity contribution is 0.576. The van der Waals surface area contributed by atoms with Gasteiger partial charge in [-0.1, -0.05) is 65.7 Å². The molecule has 104 valence electrons. The van der Waals surface area contributed by atoms with Crippen molar-refractivity contribution in [3.8, 4) is 11.8 Å². The standard InChI is InChI=1S/C19H28/c1-8-10-14(3)15(4)18-13-17(19(5,6)7)12-11-16(18)9-2/h11-15H,9H2,1-7H3. The van der Waals surface area contributed by atoms with Crippen molar-refractivity contribution in [3.63, 3.8) is 0 Å². The third kappa shape index (κ3) is 3.87.